The highest BCUT2D eigenvalue weighted by Gasteiger charge is 2.74. The number of amides is 2. The number of hydrogen-bond donors (Lipinski definition) is 1. The molecular weight excluding hydrogens is 785 g/mol. The molecule has 62 heavy (non-hydrogen) atoms. The molecule has 1 aromatic rings. The van der Waals surface area contributed by atoms with Crippen molar-refractivity contribution < 1.29 is 43.1 Å². The number of carbonyl (C=O) groups is 3. The first-order valence-electron chi connectivity index (χ1n) is 23.4. The second-order valence-corrected chi connectivity index (χ2v) is 22.9. The Bertz CT molecular complexity index is 1840. The normalized spacial score (nSPS) is 38.1. The smallest absolute Gasteiger partial charge is 0.410 e. The predicted molar refractivity (Wildman–Crippen MR) is 239 cm³/mol. The molecule has 348 valence electrons. The van der Waals surface area contributed by atoms with Gasteiger partial charge in [-0.05, 0) is 106 Å². The van der Waals surface area contributed by atoms with E-state index in [1.54, 1.807) is 11.9 Å². The van der Waals surface area contributed by atoms with Crippen molar-refractivity contribution in [2.45, 2.75) is 165 Å². The van der Waals surface area contributed by atoms with E-state index in [1.165, 1.54) is 12.5 Å². The van der Waals surface area contributed by atoms with Crippen LogP contribution in [-0.4, -0.2) is 79.2 Å². The van der Waals surface area contributed by atoms with Crippen LogP contribution in [0.2, 0.25) is 0 Å². The molecule has 0 unspecified atom stereocenters. The summed E-state index contributed by atoms with van der Waals surface area (Å²) in [5, 5.41) is 0. The highest BCUT2D eigenvalue weighted by Crippen LogP contribution is 2.75. The number of fused-ring (bicyclic) bond motifs is 3. The molecule has 0 radical (unpaired) electrons. The van der Waals surface area contributed by atoms with Crippen LogP contribution < -0.4 is 5.73 Å². The molecule has 0 spiro atoms. The highest BCUT2D eigenvalue weighted by molar-refractivity contribution is 5.79. The first kappa shape index (κ1) is 48.5. The van der Waals surface area contributed by atoms with Gasteiger partial charge in [0, 0.05) is 30.2 Å². The van der Waals surface area contributed by atoms with Gasteiger partial charge in [0.1, 0.15) is 24.9 Å². The van der Waals surface area contributed by atoms with Crippen molar-refractivity contribution in [1.29, 1.82) is 0 Å². The van der Waals surface area contributed by atoms with Gasteiger partial charge in [0.05, 0.1) is 36.9 Å². The first-order valence-corrected chi connectivity index (χ1v) is 23.4. The van der Waals surface area contributed by atoms with Gasteiger partial charge in [-0.2, -0.15) is 0 Å². The number of esters is 1. The molecule has 5 aliphatic rings. The Balaban J connectivity index is 1.40. The minimum atomic E-state index is -0.755. The number of nitrogens with two attached hydrogens (primary N) is 1. The van der Waals surface area contributed by atoms with E-state index in [1.807, 2.05) is 58.0 Å². The Hall–Kier alpha value is -2.99. The van der Waals surface area contributed by atoms with E-state index in [0.717, 1.165) is 31.2 Å². The van der Waals surface area contributed by atoms with E-state index in [4.69, 9.17) is 34.5 Å². The summed E-state index contributed by atoms with van der Waals surface area (Å²) in [6.45, 7) is 30.7. The minimum Gasteiger partial charge on any atom is -0.460 e. The third-order valence-electron chi connectivity index (χ3n) is 17.9. The maximum Gasteiger partial charge on any atom is 0.410 e. The number of primary amides is 1. The Morgan fingerprint density at radius 2 is 1.61 bits per heavy atom. The molecule has 3 saturated carbocycles. The number of ether oxygens (including phenoxy) is 4. The fourth-order valence-electron chi connectivity index (χ4n) is 13.5. The molecule has 1 saturated heterocycles. The van der Waals surface area contributed by atoms with Gasteiger partial charge in [0.25, 0.3) is 0 Å². The molecule has 4 aliphatic carbocycles. The highest BCUT2D eigenvalue weighted by atomic mass is 17.2. The van der Waals surface area contributed by atoms with Gasteiger partial charge in [0.15, 0.2) is 0 Å². The van der Waals surface area contributed by atoms with Gasteiger partial charge in [0.2, 0.25) is 5.91 Å². The third kappa shape index (κ3) is 7.95. The Morgan fingerprint density at radius 3 is 2.19 bits per heavy atom. The van der Waals surface area contributed by atoms with E-state index >= 15 is 0 Å². The summed E-state index contributed by atoms with van der Waals surface area (Å²) in [4.78, 5) is 55.5. The summed E-state index contributed by atoms with van der Waals surface area (Å²) in [6.07, 6.45) is 4.26. The number of rotatable bonds is 13. The molecule has 4 fully saturated rings. The number of carbonyl (C=O) groups excluding carboxylic acids is 3. The largest absolute Gasteiger partial charge is 0.460 e. The maximum absolute atomic E-state index is 14.2. The van der Waals surface area contributed by atoms with Crippen LogP contribution in [0.15, 0.2) is 42.0 Å². The summed E-state index contributed by atoms with van der Waals surface area (Å²) in [7, 11) is 1.77. The van der Waals surface area contributed by atoms with E-state index in [9.17, 15) is 14.4 Å². The van der Waals surface area contributed by atoms with Crippen molar-refractivity contribution in [3.05, 3.63) is 47.5 Å². The number of hydrogen-bond acceptors (Lipinski definition) is 9. The lowest BCUT2D eigenvalue weighted by molar-refractivity contribution is -0.397. The molecule has 1 aromatic carbocycles. The number of benzene rings is 1. The topological polar surface area (TPSA) is 136 Å². The molecule has 2 amide bonds. The molecule has 1 aliphatic heterocycles. The maximum atomic E-state index is 14.2. The van der Waals surface area contributed by atoms with Crippen LogP contribution in [0.1, 0.15) is 135 Å². The van der Waals surface area contributed by atoms with Gasteiger partial charge in [-0.3, -0.25) is 9.59 Å². The molecule has 0 aromatic heterocycles. The van der Waals surface area contributed by atoms with Gasteiger partial charge in [-0.15, -0.1) is 0 Å². The van der Waals surface area contributed by atoms with Crippen LogP contribution in [0.25, 0.3) is 0 Å². The summed E-state index contributed by atoms with van der Waals surface area (Å²) >= 11 is 0. The van der Waals surface area contributed by atoms with E-state index in [2.05, 4.69) is 68.4 Å². The Kier molecular flexibility index (Phi) is 13.4. The zero-order valence-electron chi connectivity index (χ0n) is 40.7. The fourth-order valence-corrected chi connectivity index (χ4v) is 13.5. The van der Waals surface area contributed by atoms with Crippen molar-refractivity contribution in [2.75, 3.05) is 26.9 Å². The monoisotopic (exact) mass is 865 g/mol. The fraction of sp³-hybridized carbons (Fsp3) is 0.784. The Labute approximate surface area is 372 Å². The van der Waals surface area contributed by atoms with Crippen molar-refractivity contribution in [2.24, 2.45) is 68.3 Å². The molecule has 2 N–H and O–H groups in total. The lowest BCUT2D eigenvalue weighted by Gasteiger charge is -2.72. The second kappa shape index (κ2) is 17.1. The standard InChI is InChI=1S/C51H80N2O9/c1-31(2)33(5)46(10)23-24-48(12)36-21-22-39-47(11)28-57-30-51(39,37(36)25-40(61-62-45(7,8)9)50(48,14)41(46)43(52)55)26-38(60-34(6)54)42(47)59-29-49(13,32(3)4)53(15)44(56)58-27-35-19-17-16-18-20-35/h16-20,25,31-33,36,38-42H,21-24,26-30H2,1-15H3,(H2,52,55)/t33-,36+,38-,39+,40-,41-,42+,46-,47-,48-,49-,50+,51+/m1/s1. The average molecular weight is 865 g/mol. The van der Waals surface area contributed by atoms with Crippen LogP contribution in [0.5, 0.6) is 0 Å². The average Bonchev–Trinajstić information content (AvgIpc) is 3.18. The predicted octanol–water partition coefficient (Wildman–Crippen LogP) is 9.70. The summed E-state index contributed by atoms with van der Waals surface area (Å²) < 4.78 is 26.1. The molecule has 2 bridgehead atoms. The molecule has 13 atom stereocenters. The lowest BCUT2D eigenvalue weighted by atomic mass is 9.33. The lowest BCUT2D eigenvalue weighted by Crippen LogP contribution is -2.72. The van der Waals surface area contributed by atoms with Gasteiger partial charge in [-0.25, -0.2) is 14.6 Å². The second-order valence-electron chi connectivity index (χ2n) is 22.9. The van der Waals surface area contributed by atoms with Crippen LogP contribution in [-0.2, 0) is 44.9 Å². The van der Waals surface area contributed by atoms with E-state index in [0.29, 0.717) is 25.6 Å². The van der Waals surface area contributed by atoms with Crippen LogP contribution in [0.3, 0.4) is 0 Å². The Morgan fingerprint density at radius 1 is 0.952 bits per heavy atom. The van der Waals surface area contributed by atoms with Crippen molar-refractivity contribution in [3.8, 4) is 0 Å². The number of likely N-dealkylation sites (N-methyl/N-ethyl adjacent to an activating group) is 1. The minimum absolute atomic E-state index is 0.00251. The quantitative estimate of drug-likeness (QED) is 0.0890. The molecule has 1 heterocycles. The molecule has 11 nitrogen and oxygen atoms in total. The van der Waals surface area contributed by atoms with Crippen LogP contribution in [0.4, 0.5) is 4.79 Å². The summed E-state index contributed by atoms with van der Waals surface area (Å²) in [6, 6.07) is 9.65. The van der Waals surface area contributed by atoms with E-state index in [-0.39, 0.29) is 54.2 Å². The molecular formula is C51H80N2O9. The molecule has 6 rings (SSSR count). The van der Waals surface area contributed by atoms with Gasteiger partial charge >= 0.3 is 12.1 Å². The number of nitrogens with zero attached hydrogens (tertiary/aromatic N) is 1. The zero-order chi connectivity index (χ0) is 46.0. The van der Waals surface area contributed by atoms with Crippen molar-refractivity contribution in [1.82, 2.24) is 4.90 Å². The van der Waals surface area contributed by atoms with Crippen LogP contribution >= 0.6 is 0 Å². The summed E-state index contributed by atoms with van der Waals surface area (Å²) in [5.74, 6) is -0.334. The third-order valence-corrected chi connectivity index (χ3v) is 17.9. The van der Waals surface area contributed by atoms with Crippen molar-refractivity contribution in [3.63, 3.8) is 0 Å². The van der Waals surface area contributed by atoms with Gasteiger partial charge < -0.3 is 29.6 Å². The van der Waals surface area contributed by atoms with Crippen LogP contribution in [0, 0.1) is 62.6 Å². The summed E-state index contributed by atoms with van der Waals surface area (Å²) in [5.41, 5.74) is 4.89. The van der Waals surface area contributed by atoms with Gasteiger partial charge in [-0.1, -0.05) is 104 Å². The SMILES string of the molecule is CC(=O)O[C@@H]1C[C@@]23COC[C@](C)([C@@H]2CC[C@H]2C3=C[C@@H](OOC(C)(C)C)[C@@]3(C)[C@H](C(N)=O)[C@@](C)([C@H](C)C(C)C)CC[C@]23C)[C@H]1OC[C@](C)(C(C)C)N(C)C(=O)OCc1ccccc1. The van der Waals surface area contributed by atoms with E-state index < -0.39 is 63.1 Å². The zero-order valence-corrected chi connectivity index (χ0v) is 40.7. The molecule has 11 heteroatoms. The van der Waals surface area contributed by atoms with Crippen molar-refractivity contribution >= 4 is 18.0 Å². The first-order chi connectivity index (χ1) is 28.7.